The fraction of sp³-hybridized carbons (Fsp3) is 0.889. The highest BCUT2D eigenvalue weighted by atomic mass is 35.6. The standard InChI is InChI=1S/C9H14Cl3NO7/c10-9(11,12)2-19-8(18)13-4-6(16)5(15)3(1-14)20-7(4)17/h3-7,14-17H,1-2H2,(H,13,18)/t3?,4?,5-,6?,7?/m1/s1. The summed E-state index contributed by atoms with van der Waals surface area (Å²) in [7, 11) is 0. The molecule has 0 radical (unpaired) electrons. The first-order valence-electron chi connectivity index (χ1n) is 5.46. The molecule has 118 valence electrons. The number of carbonyl (C=O) groups excluding carboxylic acids is 1. The third-order valence-corrected chi connectivity index (χ3v) is 2.88. The lowest BCUT2D eigenvalue weighted by atomic mass is 9.97. The predicted octanol–water partition coefficient (Wildman–Crippen LogP) is -1.12. The maximum Gasteiger partial charge on any atom is 0.407 e. The molecule has 1 heterocycles. The fourth-order valence-corrected chi connectivity index (χ4v) is 1.74. The molecule has 5 atom stereocenters. The molecule has 1 fully saturated rings. The minimum Gasteiger partial charge on any atom is -0.445 e. The maximum absolute atomic E-state index is 11.4. The Balaban J connectivity index is 2.56. The molecule has 8 nitrogen and oxygen atoms in total. The van der Waals surface area contributed by atoms with Crippen molar-refractivity contribution < 1.29 is 34.7 Å². The van der Waals surface area contributed by atoms with Gasteiger partial charge in [0.25, 0.3) is 0 Å². The maximum atomic E-state index is 11.4. The van der Waals surface area contributed by atoms with Crippen LogP contribution in [0.15, 0.2) is 0 Å². The lowest BCUT2D eigenvalue weighted by Crippen LogP contribution is -2.64. The molecule has 11 heteroatoms. The Morgan fingerprint density at radius 3 is 2.35 bits per heavy atom. The van der Waals surface area contributed by atoms with Gasteiger partial charge >= 0.3 is 6.09 Å². The average Bonchev–Trinajstić information content (AvgIpc) is 2.35. The SMILES string of the molecule is O=C(NC1C(O)OC(CO)[C@@H](O)C1O)OCC(Cl)(Cl)Cl. The second-order valence-corrected chi connectivity index (χ2v) is 6.61. The monoisotopic (exact) mass is 353 g/mol. The van der Waals surface area contributed by atoms with Crippen LogP contribution in [0.1, 0.15) is 0 Å². The van der Waals surface area contributed by atoms with Gasteiger partial charge in [-0.3, -0.25) is 0 Å². The van der Waals surface area contributed by atoms with Crippen LogP contribution in [0.5, 0.6) is 0 Å². The third-order valence-electron chi connectivity index (χ3n) is 2.55. The van der Waals surface area contributed by atoms with E-state index in [0.29, 0.717) is 0 Å². The zero-order chi connectivity index (χ0) is 15.5. The molecule has 1 aliphatic rings. The van der Waals surface area contributed by atoms with Gasteiger partial charge in [-0.15, -0.1) is 0 Å². The fourth-order valence-electron chi connectivity index (χ4n) is 1.58. The van der Waals surface area contributed by atoms with Crippen LogP contribution in [0.3, 0.4) is 0 Å². The zero-order valence-corrected chi connectivity index (χ0v) is 12.2. The molecule has 5 N–H and O–H groups in total. The van der Waals surface area contributed by atoms with Gasteiger partial charge in [0.05, 0.1) is 6.61 Å². The Morgan fingerprint density at radius 1 is 1.25 bits per heavy atom. The van der Waals surface area contributed by atoms with Crippen LogP contribution in [-0.2, 0) is 9.47 Å². The van der Waals surface area contributed by atoms with Gasteiger partial charge in [-0.25, -0.2) is 4.79 Å². The Labute approximate surface area is 129 Å². The van der Waals surface area contributed by atoms with Gasteiger partial charge in [-0.2, -0.15) is 0 Å². The highest BCUT2D eigenvalue weighted by molar-refractivity contribution is 6.67. The molecule has 4 unspecified atom stereocenters. The molecule has 0 aromatic heterocycles. The molecule has 1 rings (SSSR count). The number of ether oxygens (including phenoxy) is 2. The van der Waals surface area contributed by atoms with Crippen molar-refractivity contribution in [3.05, 3.63) is 0 Å². The molecule has 0 aromatic carbocycles. The van der Waals surface area contributed by atoms with E-state index in [0.717, 1.165) is 0 Å². The Hall–Kier alpha value is -0.0600. The summed E-state index contributed by atoms with van der Waals surface area (Å²) in [4.78, 5) is 11.4. The Morgan fingerprint density at radius 2 is 1.85 bits per heavy atom. The molecular formula is C9H14Cl3NO7. The number of aliphatic hydroxyl groups excluding tert-OH is 4. The number of halogens is 3. The molecule has 1 saturated heterocycles. The van der Waals surface area contributed by atoms with Gasteiger partial charge < -0.3 is 35.2 Å². The van der Waals surface area contributed by atoms with Crippen LogP contribution in [0.2, 0.25) is 0 Å². The van der Waals surface area contributed by atoms with Crippen LogP contribution in [0, 0.1) is 0 Å². The largest absolute Gasteiger partial charge is 0.445 e. The number of alkyl carbamates (subject to hydrolysis) is 1. The first-order chi connectivity index (χ1) is 9.15. The van der Waals surface area contributed by atoms with Crippen molar-refractivity contribution in [1.82, 2.24) is 5.32 Å². The smallest absolute Gasteiger partial charge is 0.407 e. The molecular weight excluding hydrogens is 340 g/mol. The van der Waals surface area contributed by atoms with E-state index in [1.54, 1.807) is 0 Å². The van der Waals surface area contributed by atoms with Crippen molar-refractivity contribution in [2.45, 2.75) is 34.4 Å². The lowest BCUT2D eigenvalue weighted by molar-refractivity contribution is -0.253. The van der Waals surface area contributed by atoms with Crippen LogP contribution < -0.4 is 5.32 Å². The summed E-state index contributed by atoms with van der Waals surface area (Å²) in [5.41, 5.74) is 0. The van der Waals surface area contributed by atoms with E-state index in [9.17, 15) is 20.1 Å². The molecule has 20 heavy (non-hydrogen) atoms. The number of aliphatic hydroxyl groups is 4. The Kier molecular flexibility index (Phi) is 6.55. The van der Waals surface area contributed by atoms with Crippen LogP contribution in [-0.4, -0.2) is 74.2 Å². The van der Waals surface area contributed by atoms with Gasteiger partial charge in [0.15, 0.2) is 6.29 Å². The van der Waals surface area contributed by atoms with Crippen molar-refractivity contribution in [3.8, 4) is 0 Å². The van der Waals surface area contributed by atoms with Crippen LogP contribution in [0.4, 0.5) is 4.79 Å². The molecule has 0 saturated carbocycles. The minimum atomic E-state index is -1.81. The summed E-state index contributed by atoms with van der Waals surface area (Å²) in [6, 6.07) is -1.37. The van der Waals surface area contributed by atoms with Crippen LogP contribution in [0.25, 0.3) is 0 Å². The summed E-state index contributed by atoms with van der Waals surface area (Å²) in [5, 5.41) is 39.9. The first kappa shape index (κ1) is 18.0. The van der Waals surface area contributed by atoms with E-state index >= 15 is 0 Å². The second kappa shape index (κ2) is 7.28. The van der Waals surface area contributed by atoms with Crippen molar-refractivity contribution in [3.63, 3.8) is 0 Å². The molecule has 0 spiro atoms. The van der Waals surface area contributed by atoms with Crippen molar-refractivity contribution in [2.24, 2.45) is 0 Å². The third kappa shape index (κ3) is 5.05. The van der Waals surface area contributed by atoms with E-state index in [1.165, 1.54) is 0 Å². The second-order valence-electron chi connectivity index (χ2n) is 4.09. The predicted molar refractivity (Wildman–Crippen MR) is 68.5 cm³/mol. The average molecular weight is 355 g/mol. The minimum absolute atomic E-state index is 0.551. The molecule has 0 bridgehead atoms. The highest BCUT2D eigenvalue weighted by Crippen LogP contribution is 2.26. The van der Waals surface area contributed by atoms with E-state index in [4.69, 9.17) is 44.6 Å². The van der Waals surface area contributed by atoms with Crippen LogP contribution >= 0.6 is 34.8 Å². The lowest BCUT2D eigenvalue weighted by Gasteiger charge is -2.40. The van der Waals surface area contributed by atoms with E-state index in [1.807, 2.05) is 0 Å². The van der Waals surface area contributed by atoms with Crippen molar-refractivity contribution in [2.75, 3.05) is 13.2 Å². The quantitative estimate of drug-likeness (QED) is 0.406. The summed E-state index contributed by atoms with van der Waals surface area (Å²) in [6.07, 6.45) is -6.98. The van der Waals surface area contributed by atoms with Crippen molar-refractivity contribution in [1.29, 1.82) is 0 Å². The molecule has 1 aliphatic heterocycles. The molecule has 1 amide bonds. The van der Waals surface area contributed by atoms with E-state index < -0.39 is 53.7 Å². The summed E-state index contributed by atoms with van der Waals surface area (Å²) < 4.78 is 7.56. The number of alkyl halides is 3. The summed E-state index contributed by atoms with van der Waals surface area (Å²) in [6.45, 7) is -1.16. The van der Waals surface area contributed by atoms with Gasteiger partial charge in [0.1, 0.15) is 31.0 Å². The summed E-state index contributed by atoms with van der Waals surface area (Å²) >= 11 is 16.1. The van der Waals surface area contributed by atoms with Gasteiger partial charge in [0.2, 0.25) is 3.79 Å². The van der Waals surface area contributed by atoms with E-state index in [2.05, 4.69) is 10.1 Å². The van der Waals surface area contributed by atoms with Gasteiger partial charge in [-0.05, 0) is 0 Å². The number of hydrogen-bond donors (Lipinski definition) is 5. The zero-order valence-electron chi connectivity index (χ0n) is 9.95. The number of amides is 1. The summed E-state index contributed by atoms with van der Waals surface area (Å²) in [5.74, 6) is 0. The number of hydrogen-bond acceptors (Lipinski definition) is 7. The Bertz CT molecular complexity index is 340. The normalized spacial score (nSPS) is 34.6. The number of carbonyl (C=O) groups is 1. The van der Waals surface area contributed by atoms with Gasteiger partial charge in [0, 0.05) is 0 Å². The van der Waals surface area contributed by atoms with Gasteiger partial charge in [-0.1, -0.05) is 34.8 Å². The van der Waals surface area contributed by atoms with E-state index in [-0.39, 0.29) is 0 Å². The molecule has 0 aliphatic carbocycles. The first-order valence-corrected chi connectivity index (χ1v) is 6.59. The molecule has 0 aromatic rings. The number of nitrogens with one attached hydrogen (secondary N) is 1. The topological polar surface area (TPSA) is 128 Å². The highest BCUT2D eigenvalue weighted by Gasteiger charge is 2.44. The van der Waals surface area contributed by atoms with Crippen molar-refractivity contribution >= 4 is 40.9 Å². The number of rotatable bonds is 3.